The third-order valence-corrected chi connectivity index (χ3v) is 13.8. The van der Waals surface area contributed by atoms with Crippen LogP contribution in [0.2, 0.25) is 0 Å². The van der Waals surface area contributed by atoms with Crippen molar-refractivity contribution in [2.45, 2.75) is 90.3 Å². The lowest BCUT2D eigenvalue weighted by molar-refractivity contribution is -0.127. The number of anilines is 3. The fraction of sp³-hybridized carbons (Fsp3) is 0.510. The highest BCUT2D eigenvalue weighted by molar-refractivity contribution is 7.10. The minimum absolute atomic E-state index is 0.0310. The number of hydrogen-bond acceptors (Lipinski definition) is 15. The molecule has 2 aliphatic heterocycles. The van der Waals surface area contributed by atoms with Crippen LogP contribution in [-0.4, -0.2) is 148 Å². The van der Waals surface area contributed by atoms with Crippen LogP contribution in [0.25, 0.3) is 17.0 Å². The molecule has 2 saturated heterocycles. The third-order valence-electron chi connectivity index (χ3n) is 13.1. The molecule has 0 spiro atoms. The normalized spacial score (nSPS) is 15.5. The number of carbonyl (C=O) groups excluding carboxylic acids is 3. The summed E-state index contributed by atoms with van der Waals surface area (Å²) in [5, 5.41) is 27.1. The number of hydrogen-bond donors (Lipinski definition) is 3. The van der Waals surface area contributed by atoms with Crippen LogP contribution in [0.4, 0.5) is 17.6 Å². The Balaban J connectivity index is 0.776. The Bertz CT molecular complexity index is 2560. The van der Waals surface area contributed by atoms with Crippen molar-refractivity contribution < 1.29 is 19.1 Å². The number of amides is 3. The topological polar surface area (TPSA) is 203 Å². The number of ether oxygens (including phenoxy) is 1. The number of fused-ring (bicyclic) bond motifs is 1. The van der Waals surface area contributed by atoms with Crippen LogP contribution in [0.15, 0.2) is 65.9 Å². The Labute approximate surface area is 415 Å². The molecule has 3 amide bonds. The SMILES string of the molecule is CCCC(c1ccc(CCC(=O)NCCCN2CCN(CCCNC(=O)c3nn(C(C)C)c4cc(Nc5ccnc(N6CCC(OC)CC6)n5)ncc34)CC2)cc1)N(C)C(=O)/C(C#N)=C/c1nccs1. The molecule has 70 heavy (non-hydrogen) atoms. The lowest BCUT2D eigenvalue weighted by atomic mass is 9.98. The molecule has 0 bridgehead atoms. The van der Waals surface area contributed by atoms with Crippen LogP contribution in [0.5, 0.6) is 0 Å². The van der Waals surface area contributed by atoms with E-state index >= 15 is 0 Å². The predicted octanol–water partition coefficient (Wildman–Crippen LogP) is 6.40. The van der Waals surface area contributed by atoms with E-state index in [-0.39, 0.29) is 41.5 Å². The lowest BCUT2D eigenvalue weighted by Gasteiger charge is -2.34. The zero-order valence-corrected chi connectivity index (χ0v) is 42.1. The predicted molar refractivity (Wildman–Crippen MR) is 274 cm³/mol. The van der Waals surface area contributed by atoms with E-state index in [9.17, 15) is 19.6 Å². The third kappa shape index (κ3) is 13.9. The second-order valence-corrected chi connectivity index (χ2v) is 19.2. The van der Waals surface area contributed by atoms with Gasteiger partial charge in [0.1, 0.15) is 28.3 Å². The van der Waals surface area contributed by atoms with Gasteiger partial charge in [0, 0.05) is 109 Å². The van der Waals surface area contributed by atoms with Gasteiger partial charge in [-0.3, -0.25) is 19.1 Å². The minimum Gasteiger partial charge on any atom is -0.381 e. The van der Waals surface area contributed by atoms with Crippen molar-refractivity contribution in [1.82, 2.24) is 55.0 Å². The Morgan fingerprint density at radius 2 is 1.66 bits per heavy atom. The van der Waals surface area contributed by atoms with Gasteiger partial charge in [0.15, 0.2) is 5.69 Å². The van der Waals surface area contributed by atoms with Gasteiger partial charge in [-0.1, -0.05) is 37.6 Å². The zero-order chi connectivity index (χ0) is 49.4. The van der Waals surface area contributed by atoms with Crippen molar-refractivity contribution in [2.24, 2.45) is 0 Å². The monoisotopic (exact) mass is 973 g/mol. The molecule has 1 aromatic carbocycles. The summed E-state index contributed by atoms with van der Waals surface area (Å²) in [5.74, 6) is 1.42. The fourth-order valence-electron chi connectivity index (χ4n) is 9.02. The molecule has 6 heterocycles. The first kappa shape index (κ1) is 51.5. The number of nitrogens with one attached hydrogen (secondary N) is 3. The number of aromatic nitrogens is 6. The number of nitrogens with zero attached hydrogens (tertiary/aromatic N) is 11. The van der Waals surface area contributed by atoms with Gasteiger partial charge in [-0.15, -0.1) is 11.3 Å². The molecule has 1 unspecified atom stereocenters. The van der Waals surface area contributed by atoms with Crippen molar-refractivity contribution in [3.63, 3.8) is 0 Å². The first-order valence-electron chi connectivity index (χ1n) is 24.7. The Hall–Kier alpha value is -6.33. The Morgan fingerprint density at radius 3 is 2.30 bits per heavy atom. The molecule has 1 atom stereocenters. The average Bonchev–Trinajstić information content (AvgIpc) is 4.05. The van der Waals surface area contributed by atoms with Gasteiger partial charge in [-0.25, -0.2) is 15.0 Å². The van der Waals surface area contributed by atoms with Crippen LogP contribution < -0.4 is 20.9 Å². The first-order valence-corrected chi connectivity index (χ1v) is 25.5. The second kappa shape index (κ2) is 25.5. The molecule has 2 fully saturated rings. The van der Waals surface area contributed by atoms with Gasteiger partial charge in [-0.05, 0) is 88.7 Å². The summed E-state index contributed by atoms with van der Waals surface area (Å²) < 4.78 is 7.38. The van der Waals surface area contributed by atoms with Crippen molar-refractivity contribution in [1.29, 1.82) is 5.26 Å². The molecule has 18 nitrogen and oxygen atoms in total. The summed E-state index contributed by atoms with van der Waals surface area (Å²) in [6.45, 7) is 14.7. The first-order chi connectivity index (χ1) is 34.0. The molecule has 5 aromatic rings. The highest BCUT2D eigenvalue weighted by Crippen LogP contribution is 2.28. The molecule has 2 aliphatic rings. The molecule has 3 N–H and O–H groups in total. The molecule has 19 heteroatoms. The van der Waals surface area contributed by atoms with Gasteiger partial charge in [0.05, 0.1) is 23.0 Å². The number of methoxy groups -OCH3 is 1. The van der Waals surface area contributed by atoms with Crippen LogP contribution in [-0.2, 0) is 20.7 Å². The zero-order valence-electron chi connectivity index (χ0n) is 41.3. The van der Waals surface area contributed by atoms with E-state index in [2.05, 4.69) is 52.5 Å². The fourth-order valence-corrected chi connectivity index (χ4v) is 9.59. The number of piperazine rings is 1. The maximum atomic E-state index is 13.5. The van der Waals surface area contributed by atoms with E-state index in [1.54, 1.807) is 43.7 Å². The van der Waals surface area contributed by atoms with E-state index in [0.717, 1.165) is 108 Å². The molecule has 0 saturated carbocycles. The van der Waals surface area contributed by atoms with Crippen molar-refractivity contribution in [3.8, 4) is 6.07 Å². The maximum Gasteiger partial charge on any atom is 0.272 e. The molecular formula is C51H68N14O4S. The molecule has 0 aliphatic carbocycles. The Morgan fingerprint density at radius 1 is 0.943 bits per heavy atom. The molecular weight excluding hydrogens is 905 g/mol. The number of carbonyl (C=O) groups is 3. The van der Waals surface area contributed by atoms with Crippen LogP contribution in [0.3, 0.4) is 0 Å². The largest absolute Gasteiger partial charge is 0.381 e. The number of benzene rings is 1. The highest BCUT2D eigenvalue weighted by atomic mass is 32.1. The number of thiazole rings is 1. The number of rotatable bonds is 23. The van der Waals surface area contributed by atoms with E-state index in [0.29, 0.717) is 59.6 Å². The smallest absolute Gasteiger partial charge is 0.272 e. The highest BCUT2D eigenvalue weighted by Gasteiger charge is 2.26. The van der Waals surface area contributed by atoms with E-state index in [1.807, 2.05) is 66.4 Å². The number of nitriles is 1. The Kier molecular flexibility index (Phi) is 18.8. The number of aryl methyl sites for hydroxylation is 1. The molecule has 7 rings (SSSR count). The number of likely N-dealkylation sites (N-methyl/N-ethyl adjacent to an activating group) is 1. The summed E-state index contributed by atoms with van der Waals surface area (Å²) >= 11 is 1.38. The van der Waals surface area contributed by atoms with Crippen LogP contribution in [0.1, 0.15) is 104 Å². The molecule has 372 valence electrons. The van der Waals surface area contributed by atoms with Crippen molar-refractivity contribution in [3.05, 3.63) is 87.8 Å². The van der Waals surface area contributed by atoms with Gasteiger partial charge >= 0.3 is 0 Å². The molecule has 4 aromatic heterocycles. The van der Waals surface area contributed by atoms with E-state index < -0.39 is 0 Å². The summed E-state index contributed by atoms with van der Waals surface area (Å²) in [6.07, 6.45) is 13.2. The van der Waals surface area contributed by atoms with Crippen LogP contribution in [0, 0.1) is 11.3 Å². The molecule has 0 radical (unpaired) electrons. The van der Waals surface area contributed by atoms with Crippen molar-refractivity contribution >= 4 is 63.6 Å². The number of pyridine rings is 1. The van der Waals surface area contributed by atoms with Gasteiger partial charge in [0.25, 0.3) is 11.8 Å². The standard InChI is InChI=1S/C51H68N14O4S/c1-6-9-42(61(4)50(68)39(34-52)32-47-54-22-31-70-47)38-13-10-37(11-14-38)12-15-46(66)53-19-7-23-62-27-29-63(30-28-62)24-8-20-55-49(67)48-41-35-57-45(33-43(41)65(60-48)36(2)3)58-44-16-21-56-51(59-44)64-25-17-40(69-5)18-26-64/h10-11,13-14,16,21-22,31-33,35-36,40,42H,6-9,12,15,17-20,23-30H2,1-5H3,(H,53,66)(H,55,67)(H,56,57,58,59)/b39-32+. The van der Waals surface area contributed by atoms with E-state index in [1.165, 1.54) is 11.3 Å². The lowest BCUT2D eigenvalue weighted by Crippen LogP contribution is -2.47. The summed E-state index contributed by atoms with van der Waals surface area (Å²) in [5.41, 5.74) is 3.30. The average molecular weight is 973 g/mol. The quantitative estimate of drug-likeness (QED) is 0.0369. The summed E-state index contributed by atoms with van der Waals surface area (Å²) in [6, 6.07) is 13.7. The van der Waals surface area contributed by atoms with E-state index in [4.69, 9.17) is 14.8 Å². The summed E-state index contributed by atoms with van der Waals surface area (Å²) in [4.78, 5) is 66.3. The minimum atomic E-state index is -0.331. The van der Waals surface area contributed by atoms with Gasteiger partial charge < -0.3 is 40.3 Å². The maximum absolute atomic E-state index is 13.5. The van der Waals surface area contributed by atoms with Crippen LogP contribution >= 0.6 is 11.3 Å². The number of piperidine rings is 1. The second-order valence-electron chi connectivity index (χ2n) is 18.3. The van der Waals surface area contributed by atoms with Crippen molar-refractivity contribution in [2.75, 3.05) is 89.8 Å². The summed E-state index contributed by atoms with van der Waals surface area (Å²) in [7, 11) is 3.50. The van der Waals surface area contributed by atoms with Gasteiger partial charge in [0.2, 0.25) is 11.9 Å². The van der Waals surface area contributed by atoms with Gasteiger partial charge in [-0.2, -0.15) is 15.3 Å².